The van der Waals surface area contributed by atoms with Crippen LogP contribution in [0.2, 0.25) is 0 Å². The van der Waals surface area contributed by atoms with E-state index in [-0.39, 0.29) is 23.6 Å². The van der Waals surface area contributed by atoms with Crippen molar-refractivity contribution in [2.45, 2.75) is 11.3 Å². The van der Waals surface area contributed by atoms with E-state index in [9.17, 15) is 19.7 Å². The summed E-state index contributed by atoms with van der Waals surface area (Å²) in [6, 6.07) is 6.31. The minimum Gasteiger partial charge on any atom is -0.497 e. The van der Waals surface area contributed by atoms with Crippen LogP contribution >= 0.6 is 11.8 Å². The van der Waals surface area contributed by atoms with Crippen molar-refractivity contribution in [3.8, 4) is 5.75 Å². The number of benzene rings is 1. The minimum atomic E-state index is -0.931. The third-order valence-electron chi connectivity index (χ3n) is 3.13. The standard InChI is InChI=1S/C13H15N3O6S/c1-21-9-4-2-8(3-5-9)11-10(15-13(18)23-11)12(17)14-6-7-22-16(19)20/h2-5,10-11H,6-7H2,1H3,(H,14,17)(H,15,18). The molecule has 1 aliphatic heterocycles. The Labute approximate surface area is 135 Å². The first-order valence-electron chi connectivity index (χ1n) is 6.67. The van der Waals surface area contributed by atoms with Gasteiger partial charge in [-0.3, -0.25) is 9.59 Å². The number of nitrogens with zero attached hydrogens (tertiary/aromatic N) is 1. The van der Waals surface area contributed by atoms with E-state index in [4.69, 9.17) is 4.74 Å². The lowest BCUT2D eigenvalue weighted by Gasteiger charge is -2.18. The first kappa shape index (κ1) is 16.9. The van der Waals surface area contributed by atoms with E-state index in [1.165, 1.54) is 0 Å². The Hall–Kier alpha value is -2.49. The molecule has 0 saturated carbocycles. The summed E-state index contributed by atoms with van der Waals surface area (Å²) in [5, 5.41) is 13.5. The monoisotopic (exact) mass is 341 g/mol. The Bertz CT molecular complexity index is 594. The molecule has 1 aromatic carbocycles. The molecule has 9 nitrogen and oxygen atoms in total. The number of methoxy groups -OCH3 is 1. The fourth-order valence-electron chi connectivity index (χ4n) is 2.08. The molecule has 1 heterocycles. The van der Waals surface area contributed by atoms with E-state index in [1.807, 2.05) is 0 Å². The Morgan fingerprint density at radius 2 is 2.13 bits per heavy atom. The summed E-state index contributed by atoms with van der Waals surface area (Å²) < 4.78 is 5.07. The van der Waals surface area contributed by atoms with Gasteiger partial charge in [-0.25, -0.2) is 0 Å². The van der Waals surface area contributed by atoms with Gasteiger partial charge in [-0.1, -0.05) is 23.9 Å². The predicted octanol–water partition coefficient (Wildman–Crippen LogP) is 0.886. The molecule has 10 heteroatoms. The second-order valence-electron chi connectivity index (χ2n) is 4.57. The molecule has 23 heavy (non-hydrogen) atoms. The van der Waals surface area contributed by atoms with Crippen LogP contribution in [-0.4, -0.2) is 42.5 Å². The summed E-state index contributed by atoms with van der Waals surface area (Å²) in [5.74, 6) is 0.255. The van der Waals surface area contributed by atoms with Crippen molar-refractivity contribution in [2.24, 2.45) is 0 Å². The van der Waals surface area contributed by atoms with E-state index in [0.29, 0.717) is 5.75 Å². The van der Waals surface area contributed by atoms with Crippen LogP contribution in [0.3, 0.4) is 0 Å². The highest BCUT2D eigenvalue weighted by atomic mass is 32.2. The van der Waals surface area contributed by atoms with Crippen molar-refractivity contribution in [2.75, 3.05) is 20.3 Å². The number of hydrogen-bond donors (Lipinski definition) is 2. The largest absolute Gasteiger partial charge is 0.497 e. The minimum absolute atomic E-state index is 0.0216. The second kappa shape index (κ2) is 7.68. The van der Waals surface area contributed by atoms with Crippen LogP contribution in [0.15, 0.2) is 24.3 Å². The van der Waals surface area contributed by atoms with Gasteiger partial charge in [0.2, 0.25) is 5.91 Å². The van der Waals surface area contributed by atoms with Gasteiger partial charge in [-0.2, -0.15) is 0 Å². The van der Waals surface area contributed by atoms with Gasteiger partial charge in [-0.15, -0.1) is 10.1 Å². The Morgan fingerprint density at radius 3 is 2.74 bits per heavy atom. The number of carbonyl (C=O) groups excluding carboxylic acids is 2. The fourth-order valence-corrected chi connectivity index (χ4v) is 3.13. The molecule has 0 spiro atoms. The molecular formula is C13H15N3O6S. The summed E-state index contributed by atoms with van der Waals surface area (Å²) in [7, 11) is 1.55. The lowest BCUT2D eigenvalue weighted by atomic mass is 10.0. The molecule has 1 fully saturated rings. The zero-order valence-corrected chi connectivity index (χ0v) is 13.0. The Balaban J connectivity index is 1.99. The number of hydrogen-bond acceptors (Lipinski definition) is 7. The molecule has 2 atom stereocenters. The van der Waals surface area contributed by atoms with E-state index in [1.54, 1.807) is 31.4 Å². The topological polar surface area (TPSA) is 120 Å². The summed E-state index contributed by atoms with van der Waals surface area (Å²) in [6.07, 6.45) is 0. The van der Waals surface area contributed by atoms with E-state index < -0.39 is 17.0 Å². The molecule has 0 aromatic heterocycles. The number of rotatable bonds is 7. The summed E-state index contributed by atoms with van der Waals surface area (Å²) in [5.41, 5.74) is 0.802. The van der Waals surface area contributed by atoms with Gasteiger partial charge in [-0.05, 0) is 17.7 Å². The number of ether oxygens (including phenoxy) is 1. The lowest BCUT2D eigenvalue weighted by Crippen LogP contribution is -2.44. The van der Waals surface area contributed by atoms with Gasteiger partial charge in [0.15, 0.2) is 0 Å². The van der Waals surface area contributed by atoms with Crippen molar-refractivity contribution >= 4 is 22.9 Å². The maximum atomic E-state index is 12.2. The molecule has 2 amide bonds. The molecule has 0 radical (unpaired) electrons. The second-order valence-corrected chi connectivity index (χ2v) is 5.68. The molecule has 2 unspecified atom stereocenters. The van der Waals surface area contributed by atoms with Crippen molar-refractivity contribution in [1.82, 2.24) is 10.6 Å². The zero-order valence-electron chi connectivity index (χ0n) is 12.2. The highest BCUT2D eigenvalue weighted by Crippen LogP contribution is 2.38. The average Bonchev–Trinajstić information content (AvgIpc) is 2.93. The van der Waals surface area contributed by atoms with Crippen LogP contribution in [0.25, 0.3) is 0 Å². The SMILES string of the molecule is COc1ccc(C2SC(=O)NC2C(=O)NCCO[N+](=O)[O-])cc1. The van der Waals surface area contributed by atoms with Crippen LogP contribution in [0.1, 0.15) is 10.8 Å². The summed E-state index contributed by atoms with van der Waals surface area (Å²) in [4.78, 5) is 37.9. The van der Waals surface area contributed by atoms with Crippen LogP contribution in [0, 0.1) is 10.1 Å². The molecule has 0 bridgehead atoms. The van der Waals surface area contributed by atoms with E-state index >= 15 is 0 Å². The normalized spacial score (nSPS) is 19.8. The van der Waals surface area contributed by atoms with Crippen LogP contribution in [-0.2, 0) is 9.63 Å². The third-order valence-corrected chi connectivity index (χ3v) is 4.27. The van der Waals surface area contributed by atoms with Gasteiger partial charge < -0.3 is 20.2 Å². The molecule has 1 aromatic rings. The third kappa shape index (κ3) is 4.49. The van der Waals surface area contributed by atoms with E-state index in [0.717, 1.165) is 17.3 Å². The van der Waals surface area contributed by atoms with Crippen molar-refractivity contribution < 1.29 is 24.3 Å². The van der Waals surface area contributed by atoms with Gasteiger partial charge in [0.1, 0.15) is 18.4 Å². The predicted molar refractivity (Wildman–Crippen MR) is 81.6 cm³/mol. The number of nitrogens with one attached hydrogen (secondary N) is 2. The molecule has 124 valence electrons. The molecular weight excluding hydrogens is 326 g/mol. The zero-order chi connectivity index (χ0) is 16.8. The first-order chi connectivity index (χ1) is 11.0. The Kier molecular flexibility index (Phi) is 5.63. The molecule has 2 N–H and O–H groups in total. The average molecular weight is 341 g/mol. The molecule has 1 saturated heterocycles. The van der Waals surface area contributed by atoms with Gasteiger partial charge >= 0.3 is 0 Å². The first-order valence-corrected chi connectivity index (χ1v) is 7.55. The molecule has 0 aliphatic carbocycles. The maximum Gasteiger partial charge on any atom is 0.294 e. The smallest absolute Gasteiger partial charge is 0.294 e. The highest BCUT2D eigenvalue weighted by molar-refractivity contribution is 8.14. The quantitative estimate of drug-likeness (QED) is 0.429. The number of thioether (sulfide) groups is 1. The van der Waals surface area contributed by atoms with Gasteiger partial charge in [0.05, 0.1) is 12.4 Å². The Morgan fingerprint density at radius 1 is 1.43 bits per heavy atom. The van der Waals surface area contributed by atoms with Crippen LogP contribution in [0.4, 0.5) is 4.79 Å². The van der Waals surface area contributed by atoms with Crippen molar-refractivity contribution in [1.29, 1.82) is 0 Å². The maximum absolute atomic E-state index is 12.2. The fraction of sp³-hybridized carbons (Fsp3) is 0.385. The van der Waals surface area contributed by atoms with Gasteiger partial charge in [0.25, 0.3) is 10.3 Å². The lowest BCUT2D eigenvalue weighted by molar-refractivity contribution is -0.757. The highest BCUT2D eigenvalue weighted by Gasteiger charge is 2.39. The summed E-state index contributed by atoms with van der Waals surface area (Å²) in [6.45, 7) is -0.272. The van der Waals surface area contributed by atoms with Crippen molar-refractivity contribution in [3.05, 3.63) is 39.9 Å². The van der Waals surface area contributed by atoms with Crippen LogP contribution < -0.4 is 15.4 Å². The van der Waals surface area contributed by atoms with Gasteiger partial charge in [0, 0.05) is 6.54 Å². The molecule has 2 rings (SSSR count). The molecule has 1 aliphatic rings. The summed E-state index contributed by atoms with van der Waals surface area (Å²) >= 11 is 1.02. The number of carbonyl (C=O) groups is 2. The van der Waals surface area contributed by atoms with Crippen LogP contribution in [0.5, 0.6) is 5.75 Å². The van der Waals surface area contributed by atoms with Crippen molar-refractivity contribution in [3.63, 3.8) is 0 Å². The number of amides is 2. The van der Waals surface area contributed by atoms with E-state index in [2.05, 4.69) is 15.5 Å².